The molecule has 4 rings (SSSR count). The topological polar surface area (TPSA) is 114 Å². The van der Waals surface area contributed by atoms with Gasteiger partial charge in [0.15, 0.2) is 5.82 Å². The Kier molecular flexibility index (Phi) is 5.75. The fourth-order valence-electron chi connectivity index (χ4n) is 3.78. The Bertz CT molecular complexity index is 870. The highest BCUT2D eigenvalue weighted by Crippen LogP contribution is 2.30. The van der Waals surface area contributed by atoms with E-state index in [1.165, 1.54) is 13.3 Å². The van der Waals surface area contributed by atoms with Crippen LogP contribution in [0.2, 0.25) is 0 Å². The van der Waals surface area contributed by atoms with Crippen molar-refractivity contribution < 1.29 is 18.8 Å². The summed E-state index contributed by atoms with van der Waals surface area (Å²) in [5.41, 5.74) is 2.47. The first-order valence-corrected chi connectivity index (χ1v) is 9.83. The molecule has 0 spiro atoms. The molecule has 2 fully saturated rings. The molecule has 1 atom stereocenters. The summed E-state index contributed by atoms with van der Waals surface area (Å²) in [6.07, 6.45) is 3.52. The highest BCUT2D eigenvalue weighted by Gasteiger charge is 2.27. The molecule has 1 aromatic carbocycles. The zero-order chi connectivity index (χ0) is 20.2. The number of carbonyl (C=O) groups is 1. The lowest BCUT2D eigenvalue weighted by atomic mass is 9.96. The van der Waals surface area contributed by atoms with Crippen LogP contribution in [0, 0.1) is 5.41 Å². The van der Waals surface area contributed by atoms with Gasteiger partial charge in [-0.25, -0.2) is 4.79 Å². The van der Waals surface area contributed by atoms with E-state index in [1.54, 1.807) is 4.90 Å². The quantitative estimate of drug-likeness (QED) is 0.743. The molecule has 154 valence electrons. The van der Waals surface area contributed by atoms with Gasteiger partial charge >= 0.3 is 6.09 Å². The lowest BCUT2D eigenvalue weighted by Crippen LogP contribution is -2.37. The minimum absolute atomic E-state index is 0.155. The van der Waals surface area contributed by atoms with Crippen molar-refractivity contribution in [2.24, 2.45) is 0 Å². The van der Waals surface area contributed by atoms with E-state index in [0.717, 1.165) is 42.7 Å². The van der Waals surface area contributed by atoms with Crippen LogP contribution < -0.4 is 5.32 Å². The lowest BCUT2D eigenvalue weighted by molar-refractivity contribution is 0.111. The maximum absolute atomic E-state index is 11.6. The van der Waals surface area contributed by atoms with E-state index >= 15 is 0 Å². The number of carbonyl (C=O) groups excluding carboxylic acids is 1. The van der Waals surface area contributed by atoms with Gasteiger partial charge in [-0.2, -0.15) is 4.98 Å². The number of aromatic nitrogens is 2. The van der Waals surface area contributed by atoms with Gasteiger partial charge in [0.25, 0.3) is 5.89 Å². The molecule has 2 N–H and O–H groups in total. The molecule has 2 aromatic rings. The number of nitrogens with zero attached hydrogens (tertiary/aromatic N) is 3. The van der Waals surface area contributed by atoms with Crippen LogP contribution in [-0.4, -0.2) is 66.8 Å². The van der Waals surface area contributed by atoms with Crippen LogP contribution in [0.4, 0.5) is 10.5 Å². The molecule has 1 amide bonds. The summed E-state index contributed by atoms with van der Waals surface area (Å²) in [7, 11) is 1.40. The summed E-state index contributed by atoms with van der Waals surface area (Å²) < 4.78 is 15.7. The minimum atomic E-state index is -0.295. The monoisotopic (exact) mass is 399 g/mol. The third-order valence-corrected chi connectivity index (χ3v) is 5.48. The number of methoxy groups -OCH3 is 1. The van der Waals surface area contributed by atoms with Gasteiger partial charge in [-0.15, -0.1) is 0 Å². The van der Waals surface area contributed by atoms with Crippen molar-refractivity contribution >= 4 is 18.0 Å². The van der Waals surface area contributed by atoms with Crippen LogP contribution in [0.5, 0.6) is 0 Å². The lowest BCUT2D eigenvalue weighted by Gasteiger charge is -2.29. The summed E-state index contributed by atoms with van der Waals surface area (Å²) >= 11 is 0. The third kappa shape index (κ3) is 4.24. The summed E-state index contributed by atoms with van der Waals surface area (Å²) in [5.74, 6) is 1.28. The van der Waals surface area contributed by atoms with Crippen molar-refractivity contribution in [1.82, 2.24) is 15.0 Å². The number of likely N-dealkylation sites (tertiary alicyclic amines) is 1. The Morgan fingerprint density at radius 1 is 1.34 bits per heavy atom. The number of amides is 1. The smallest absolute Gasteiger partial charge is 0.409 e. The number of anilines is 1. The fourth-order valence-corrected chi connectivity index (χ4v) is 3.78. The highest BCUT2D eigenvalue weighted by atomic mass is 16.5. The fraction of sp³-hybridized carbons (Fsp3) is 0.500. The maximum Gasteiger partial charge on any atom is 0.409 e. The van der Waals surface area contributed by atoms with Crippen molar-refractivity contribution in [3.63, 3.8) is 0 Å². The van der Waals surface area contributed by atoms with Crippen molar-refractivity contribution in [2.75, 3.05) is 38.7 Å². The Morgan fingerprint density at radius 3 is 2.86 bits per heavy atom. The van der Waals surface area contributed by atoms with Crippen LogP contribution in [-0.2, 0) is 9.47 Å². The van der Waals surface area contributed by atoms with E-state index < -0.39 is 0 Å². The Hall–Kier alpha value is -2.94. The van der Waals surface area contributed by atoms with Crippen molar-refractivity contribution in [3.8, 4) is 11.5 Å². The molecule has 2 aliphatic heterocycles. The normalized spacial score (nSPS) is 19.9. The summed E-state index contributed by atoms with van der Waals surface area (Å²) in [6, 6.07) is 5.94. The Labute approximate surface area is 168 Å². The molecule has 1 aromatic heterocycles. The largest absolute Gasteiger partial charge is 0.453 e. The van der Waals surface area contributed by atoms with E-state index in [4.69, 9.17) is 19.4 Å². The van der Waals surface area contributed by atoms with Gasteiger partial charge in [0, 0.05) is 48.6 Å². The first kappa shape index (κ1) is 19.4. The molecule has 0 aliphatic carbocycles. The van der Waals surface area contributed by atoms with Crippen LogP contribution >= 0.6 is 0 Å². The zero-order valence-corrected chi connectivity index (χ0v) is 16.4. The molecule has 0 radical (unpaired) electrons. The molecule has 3 heterocycles. The molecule has 0 bridgehead atoms. The van der Waals surface area contributed by atoms with E-state index in [2.05, 4.69) is 15.5 Å². The SMILES string of the molecule is COC(=O)N1CCC(c2noc(-c3ccc(C=N)c(N[C@H]4CCOC4)c3)n2)CC1. The number of nitrogens with one attached hydrogen (secondary N) is 2. The molecule has 0 saturated carbocycles. The number of benzene rings is 1. The van der Waals surface area contributed by atoms with Gasteiger partial charge < -0.3 is 29.6 Å². The molecular weight excluding hydrogens is 374 g/mol. The predicted molar refractivity (Wildman–Crippen MR) is 106 cm³/mol. The van der Waals surface area contributed by atoms with Gasteiger partial charge in [-0.3, -0.25) is 0 Å². The molecule has 0 unspecified atom stereocenters. The van der Waals surface area contributed by atoms with Crippen molar-refractivity contribution in [2.45, 2.75) is 31.2 Å². The van der Waals surface area contributed by atoms with Gasteiger partial charge in [-0.05, 0) is 31.4 Å². The standard InChI is InChI=1S/C20H25N5O4/c1-27-20(26)25-7-4-13(5-8-25)18-23-19(29-24-18)14-2-3-15(11-21)17(10-14)22-16-6-9-28-12-16/h2-3,10-11,13,16,21-22H,4-9,12H2,1H3/t16-/m0/s1. The first-order chi connectivity index (χ1) is 14.2. The van der Waals surface area contributed by atoms with Gasteiger partial charge in [0.05, 0.1) is 19.8 Å². The van der Waals surface area contributed by atoms with Gasteiger partial charge in [0.2, 0.25) is 0 Å². The number of rotatable bonds is 5. The number of ether oxygens (including phenoxy) is 2. The first-order valence-electron chi connectivity index (χ1n) is 9.83. The highest BCUT2D eigenvalue weighted by molar-refractivity contribution is 5.87. The summed E-state index contributed by atoms with van der Waals surface area (Å²) in [6.45, 7) is 2.65. The van der Waals surface area contributed by atoms with Crippen LogP contribution in [0.25, 0.3) is 11.5 Å². The van der Waals surface area contributed by atoms with E-state index in [-0.39, 0.29) is 18.1 Å². The molecule has 9 heteroatoms. The molecule has 2 saturated heterocycles. The second-order valence-corrected chi connectivity index (χ2v) is 7.34. The maximum atomic E-state index is 11.6. The van der Waals surface area contributed by atoms with Crippen molar-refractivity contribution in [1.29, 1.82) is 5.41 Å². The molecular formula is C20H25N5O4. The Morgan fingerprint density at radius 2 is 2.17 bits per heavy atom. The van der Waals surface area contributed by atoms with Crippen molar-refractivity contribution in [3.05, 3.63) is 29.6 Å². The summed E-state index contributed by atoms with van der Waals surface area (Å²) in [5, 5.41) is 15.3. The van der Waals surface area contributed by atoms with Crippen LogP contribution in [0.1, 0.15) is 36.6 Å². The van der Waals surface area contributed by atoms with E-state index in [0.29, 0.717) is 31.4 Å². The number of piperidine rings is 1. The molecule has 29 heavy (non-hydrogen) atoms. The average Bonchev–Trinajstić information content (AvgIpc) is 3.45. The zero-order valence-electron chi connectivity index (χ0n) is 16.4. The molecule has 9 nitrogen and oxygen atoms in total. The number of hydrogen-bond donors (Lipinski definition) is 2. The van der Waals surface area contributed by atoms with Crippen LogP contribution in [0.15, 0.2) is 22.7 Å². The minimum Gasteiger partial charge on any atom is -0.453 e. The number of hydrogen-bond acceptors (Lipinski definition) is 8. The molecule has 2 aliphatic rings. The van der Waals surface area contributed by atoms with Gasteiger partial charge in [-0.1, -0.05) is 11.2 Å². The summed E-state index contributed by atoms with van der Waals surface area (Å²) in [4.78, 5) is 17.9. The second kappa shape index (κ2) is 8.60. The predicted octanol–water partition coefficient (Wildman–Crippen LogP) is 2.88. The van der Waals surface area contributed by atoms with E-state index in [1.807, 2.05) is 18.2 Å². The third-order valence-electron chi connectivity index (χ3n) is 5.48. The average molecular weight is 399 g/mol. The van der Waals surface area contributed by atoms with Gasteiger partial charge in [0.1, 0.15) is 0 Å². The second-order valence-electron chi connectivity index (χ2n) is 7.34. The Balaban J connectivity index is 1.47. The van der Waals surface area contributed by atoms with E-state index in [9.17, 15) is 4.79 Å². The van der Waals surface area contributed by atoms with Crippen LogP contribution in [0.3, 0.4) is 0 Å².